The molecular weight excluding hydrogens is 436 g/mol. The first-order valence-corrected chi connectivity index (χ1v) is 10.3. The van der Waals surface area contributed by atoms with E-state index >= 15 is 0 Å². The summed E-state index contributed by atoms with van der Waals surface area (Å²) in [7, 11) is 2.48. The van der Waals surface area contributed by atoms with Gasteiger partial charge in [-0.15, -0.1) is 0 Å². The van der Waals surface area contributed by atoms with Crippen LogP contribution >= 0.6 is 11.3 Å². The zero-order valence-electron chi connectivity index (χ0n) is 17.6. The highest BCUT2D eigenvalue weighted by Gasteiger charge is 2.19. The predicted molar refractivity (Wildman–Crippen MR) is 115 cm³/mol. The normalized spacial score (nSPS) is 11.3. The zero-order valence-corrected chi connectivity index (χ0v) is 18.4. The highest BCUT2D eigenvalue weighted by Crippen LogP contribution is 2.21. The number of aromatic nitrogens is 1. The number of ether oxygens (including phenoxy) is 3. The van der Waals surface area contributed by atoms with Crippen LogP contribution in [0.5, 0.6) is 0 Å². The Hall–Kier alpha value is -3.79. The number of hydrogen-bond acceptors (Lipinski definition) is 8. The van der Waals surface area contributed by atoms with Crippen molar-refractivity contribution in [3.05, 3.63) is 64.0 Å². The molecule has 10 heteroatoms. The van der Waals surface area contributed by atoms with Gasteiger partial charge >= 0.3 is 17.9 Å². The average Bonchev–Trinajstić information content (AvgIpc) is 3.14. The van der Waals surface area contributed by atoms with Crippen LogP contribution in [0.1, 0.15) is 38.0 Å². The van der Waals surface area contributed by atoms with Gasteiger partial charge in [0, 0.05) is 0 Å². The van der Waals surface area contributed by atoms with Crippen LogP contribution in [0.2, 0.25) is 0 Å². The summed E-state index contributed by atoms with van der Waals surface area (Å²) in [5.74, 6) is -2.37. The summed E-state index contributed by atoms with van der Waals surface area (Å²) in [6, 6.07) is 11.0. The summed E-state index contributed by atoms with van der Waals surface area (Å²) in [6.45, 7) is 1.75. The highest BCUT2D eigenvalue weighted by molar-refractivity contribution is 7.16. The molecule has 0 unspecified atom stereocenters. The Morgan fingerprint density at radius 3 is 2.34 bits per heavy atom. The van der Waals surface area contributed by atoms with E-state index in [1.165, 1.54) is 30.9 Å². The van der Waals surface area contributed by atoms with E-state index in [4.69, 9.17) is 14.2 Å². The predicted octanol–water partition coefficient (Wildman–Crippen LogP) is 2.58. The monoisotopic (exact) mass is 456 g/mol. The molecule has 3 rings (SSSR count). The molecule has 1 aromatic heterocycles. The van der Waals surface area contributed by atoms with Crippen LogP contribution in [-0.4, -0.2) is 49.2 Å². The average molecular weight is 456 g/mol. The fourth-order valence-corrected chi connectivity index (χ4v) is 4.02. The molecule has 0 aliphatic carbocycles. The molecule has 0 N–H and O–H groups in total. The third-order valence-corrected chi connectivity index (χ3v) is 5.51. The summed E-state index contributed by atoms with van der Waals surface area (Å²) in [6.07, 6.45) is 0. The molecule has 2 aromatic carbocycles. The number of carbonyl (C=O) groups excluding carboxylic acids is 4. The molecule has 0 bridgehead atoms. The van der Waals surface area contributed by atoms with Crippen molar-refractivity contribution in [3.8, 4) is 0 Å². The van der Waals surface area contributed by atoms with Crippen molar-refractivity contribution in [3.63, 3.8) is 0 Å². The molecular formula is C22H20N2O7S. The largest absolute Gasteiger partial charge is 0.468 e. The number of hydrogen-bond donors (Lipinski definition) is 0. The second-order valence-corrected chi connectivity index (χ2v) is 7.41. The Morgan fingerprint density at radius 1 is 0.969 bits per heavy atom. The van der Waals surface area contributed by atoms with Gasteiger partial charge in [-0.1, -0.05) is 23.5 Å². The number of methoxy groups -OCH3 is 2. The smallest absolute Gasteiger partial charge is 0.338 e. The Balaban J connectivity index is 2.15. The Labute approximate surface area is 186 Å². The summed E-state index contributed by atoms with van der Waals surface area (Å²) in [5.41, 5.74) is 1.06. The van der Waals surface area contributed by atoms with E-state index in [0.29, 0.717) is 15.8 Å². The highest BCUT2D eigenvalue weighted by atomic mass is 32.1. The lowest BCUT2D eigenvalue weighted by molar-refractivity contribution is -0.141. The van der Waals surface area contributed by atoms with Crippen LogP contribution in [0.3, 0.4) is 0 Å². The van der Waals surface area contributed by atoms with E-state index in [2.05, 4.69) is 4.99 Å². The van der Waals surface area contributed by atoms with E-state index < -0.39 is 23.8 Å². The molecule has 9 nitrogen and oxygen atoms in total. The van der Waals surface area contributed by atoms with Gasteiger partial charge in [-0.05, 0) is 37.3 Å². The maximum absolute atomic E-state index is 12.9. The molecule has 0 atom stereocenters. The first-order chi connectivity index (χ1) is 15.4. The quantitative estimate of drug-likeness (QED) is 0.414. The van der Waals surface area contributed by atoms with Crippen LogP contribution in [0, 0.1) is 0 Å². The van der Waals surface area contributed by atoms with Crippen LogP contribution < -0.4 is 4.80 Å². The lowest BCUT2D eigenvalue weighted by Crippen LogP contribution is -2.22. The lowest BCUT2D eigenvalue weighted by Gasteiger charge is -2.06. The van der Waals surface area contributed by atoms with Gasteiger partial charge in [-0.25, -0.2) is 9.59 Å². The summed E-state index contributed by atoms with van der Waals surface area (Å²) in [4.78, 5) is 53.4. The molecule has 0 saturated heterocycles. The van der Waals surface area contributed by atoms with E-state index in [0.717, 1.165) is 11.3 Å². The number of benzene rings is 2. The maximum Gasteiger partial charge on any atom is 0.338 e. The first kappa shape index (κ1) is 22.9. The molecule has 0 aliphatic rings. The fourth-order valence-electron chi connectivity index (χ4n) is 2.95. The van der Waals surface area contributed by atoms with Gasteiger partial charge in [0.1, 0.15) is 6.54 Å². The topological polar surface area (TPSA) is 113 Å². The van der Waals surface area contributed by atoms with Crippen molar-refractivity contribution in [2.75, 3.05) is 20.8 Å². The van der Waals surface area contributed by atoms with Crippen molar-refractivity contribution < 1.29 is 33.4 Å². The number of carbonyl (C=O) groups is 4. The van der Waals surface area contributed by atoms with Gasteiger partial charge in [0.05, 0.1) is 47.7 Å². The van der Waals surface area contributed by atoms with Gasteiger partial charge in [-0.2, -0.15) is 4.99 Å². The summed E-state index contributed by atoms with van der Waals surface area (Å²) in [5, 5.41) is 0. The number of thiazole rings is 1. The molecule has 0 aliphatic heterocycles. The SMILES string of the molecule is CCOC(=O)c1ccc2c(c1)sc(=NC(=O)c1ccccc1C(=O)OC)n2CC(=O)OC. The summed E-state index contributed by atoms with van der Waals surface area (Å²) >= 11 is 1.11. The number of esters is 3. The molecule has 0 spiro atoms. The second-order valence-electron chi connectivity index (χ2n) is 6.40. The molecule has 0 saturated carbocycles. The van der Waals surface area contributed by atoms with Crippen molar-refractivity contribution in [2.45, 2.75) is 13.5 Å². The number of rotatable bonds is 6. The number of nitrogens with zero attached hydrogens (tertiary/aromatic N) is 2. The van der Waals surface area contributed by atoms with Crippen LogP contribution in [0.15, 0.2) is 47.5 Å². The molecule has 1 amide bonds. The van der Waals surface area contributed by atoms with Gasteiger partial charge in [0.2, 0.25) is 0 Å². The molecule has 0 radical (unpaired) electrons. The molecule has 3 aromatic rings. The zero-order chi connectivity index (χ0) is 23.3. The Morgan fingerprint density at radius 2 is 1.69 bits per heavy atom. The second kappa shape index (κ2) is 10.0. The minimum absolute atomic E-state index is 0.0636. The van der Waals surface area contributed by atoms with E-state index in [1.807, 2.05) is 0 Å². The molecule has 166 valence electrons. The van der Waals surface area contributed by atoms with Gasteiger partial charge < -0.3 is 18.8 Å². The van der Waals surface area contributed by atoms with Crippen molar-refractivity contribution >= 4 is 45.4 Å². The number of fused-ring (bicyclic) bond motifs is 1. The molecule has 32 heavy (non-hydrogen) atoms. The molecule has 0 fully saturated rings. The van der Waals surface area contributed by atoms with Crippen molar-refractivity contribution in [2.24, 2.45) is 4.99 Å². The van der Waals surface area contributed by atoms with Crippen molar-refractivity contribution in [1.29, 1.82) is 0 Å². The van der Waals surface area contributed by atoms with Gasteiger partial charge in [0.25, 0.3) is 5.91 Å². The Kier molecular flexibility index (Phi) is 7.16. The standard InChI is InChI=1S/C22H20N2O7S/c1-4-31-20(27)13-9-10-16-17(11-13)32-22(24(16)12-18(25)29-2)23-19(26)14-7-5-6-8-15(14)21(28)30-3/h5-11H,4,12H2,1-3H3. The third-order valence-electron chi connectivity index (χ3n) is 4.47. The van der Waals surface area contributed by atoms with Crippen LogP contribution in [0.4, 0.5) is 0 Å². The van der Waals surface area contributed by atoms with Gasteiger partial charge in [0.15, 0.2) is 4.80 Å². The fraction of sp³-hybridized carbons (Fsp3) is 0.227. The number of amides is 1. The third kappa shape index (κ3) is 4.75. The van der Waals surface area contributed by atoms with E-state index in [9.17, 15) is 19.2 Å². The minimum atomic E-state index is -0.679. The van der Waals surface area contributed by atoms with Crippen LogP contribution in [0.25, 0.3) is 10.2 Å². The summed E-state index contributed by atoms with van der Waals surface area (Å²) < 4.78 is 16.6. The van der Waals surface area contributed by atoms with Gasteiger partial charge in [-0.3, -0.25) is 9.59 Å². The maximum atomic E-state index is 12.9. The minimum Gasteiger partial charge on any atom is -0.468 e. The van der Waals surface area contributed by atoms with Crippen LogP contribution in [-0.2, 0) is 25.5 Å². The first-order valence-electron chi connectivity index (χ1n) is 9.53. The molecule has 1 heterocycles. The van der Waals surface area contributed by atoms with Crippen molar-refractivity contribution in [1.82, 2.24) is 4.57 Å². The lowest BCUT2D eigenvalue weighted by atomic mass is 10.1. The Bertz CT molecular complexity index is 1270. The van der Waals surface area contributed by atoms with E-state index in [-0.39, 0.29) is 29.1 Å². The van der Waals surface area contributed by atoms with E-state index in [1.54, 1.807) is 37.3 Å².